The van der Waals surface area contributed by atoms with Crippen molar-refractivity contribution in [3.05, 3.63) is 54.1 Å². The Balaban J connectivity index is 1.81. The van der Waals surface area contributed by atoms with Gasteiger partial charge in [-0.25, -0.2) is 0 Å². The molecule has 0 aliphatic carbocycles. The van der Waals surface area contributed by atoms with Crippen LogP contribution in [0.5, 0.6) is 5.75 Å². The Hall–Kier alpha value is -2.82. The molecule has 24 heavy (non-hydrogen) atoms. The quantitative estimate of drug-likeness (QED) is 0.938. The van der Waals surface area contributed by atoms with E-state index < -0.39 is 0 Å². The van der Waals surface area contributed by atoms with E-state index in [-0.39, 0.29) is 18.4 Å². The van der Waals surface area contributed by atoms with Gasteiger partial charge >= 0.3 is 0 Å². The number of fused-ring (bicyclic) bond motifs is 1. The number of benzene rings is 2. The van der Waals surface area contributed by atoms with E-state index in [0.29, 0.717) is 29.5 Å². The minimum Gasteiger partial charge on any atom is -0.481 e. The number of nitrogens with zero attached hydrogens (tertiary/aromatic N) is 1. The molecule has 124 valence electrons. The summed E-state index contributed by atoms with van der Waals surface area (Å²) in [5.74, 6) is 0.747. The van der Waals surface area contributed by atoms with Gasteiger partial charge in [0.15, 0.2) is 6.61 Å². The zero-order chi connectivity index (χ0) is 17.1. The molecule has 0 unspecified atom stereocenters. The minimum atomic E-state index is -0.179. The van der Waals surface area contributed by atoms with Crippen molar-refractivity contribution >= 4 is 23.2 Å². The third kappa shape index (κ3) is 3.40. The molecule has 3 rings (SSSR count). The van der Waals surface area contributed by atoms with Crippen molar-refractivity contribution in [1.82, 2.24) is 0 Å². The molecule has 1 aliphatic heterocycles. The SMILES string of the molecule is CC(C)CN1C(=O)COc2cc(NC(=O)c3ccccc3)ccc21. The van der Waals surface area contributed by atoms with Crippen molar-refractivity contribution in [2.24, 2.45) is 5.92 Å². The molecule has 2 amide bonds. The first-order valence-electron chi connectivity index (χ1n) is 7.98. The summed E-state index contributed by atoms with van der Waals surface area (Å²) in [6.45, 7) is 4.80. The van der Waals surface area contributed by atoms with E-state index in [1.54, 1.807) is 29.2 Å². The fraction of sp³-hybridized carbons (Fsp3) is 0.263. The van der Waals surface area contributed by atoms with Gasteiger partial charge in [-0.15, -0.1) is 0 Å². The fourth-order valence-electron chi connectivity index (χ4n) is 2.64. The van der Waals surface area contributed by atoms with E-state index in [9.17, 15) is 9.59 Å². The van der Waals surface area contributed by atoms with Crippen molar-refractivity contribution < 1.29 is 14.3 Å². The number of carbonyl (C=O) groups is 2. The maximum absolute atomic E-state index is 12.2. The molecule has 0 saturated heterocycles. The van der Waals surface area contributed by atoms with Gasteiger partial charge in [-0.05, 0) is 30.2 Å². The maximum atomic E-state index is 12.2. The Labute approximate surface area is 141 Å². The molecular formula is C19H20N2O3. The Kier molecular flexibility index (Phi) is 4.51. The monoisotopic (exact) mass is 324 g/mol. The molecular weight excluding hydrogens is 304 g/mol. The summed E-state index contributed by atoms with van der Waals surface area (Å²) in [5, 5.41) is 2.85. The smallest absolute Gasteiger partial charge is 0.265 e. The highest BCUT2D eigenvalue weighted by Gasteiger charge is 2.26. The molecule has 0 radical (unpaired) electrons. The highest BCUT2D eigenvalue weighted by Crippen LogP contribution is 2.35. The maximum Gasteiger partial charge on any atom is 0.265 e. The van der Waals surface area contributed by atoms with Crippen LogP contribution in [0.25, 0.3) is 0 Å². The molecule has 0 saturated carbocycles. The van der Waals surface area contributed by atoms with Crippen LogP contribution in [0.1, 0.15) is 24.2 Å². The van der Waals surface area contributed by atoms with Crippen LogP contribution in [0.4, 0.5) is 11.4 Å². The van der Waals surface area contributed by atoms with E-state index in [4.69, 9.17) is 4.74 Å². The molecule has 2 aromatic carbocycles. The highest BCUT2D eigenvalue weighted by molar-refractivity contribution is 6.05. The lowest BCUT2D eigenvalue weighted by Crippen LogP contribution is -2.40. The number of amides is 2. The average molecular weight is 324 g/mol. The predicted molar refractivity (Wildman–Crippen MR) is 93.5 cm³/mol. The lowest BCUT2D eigenvalue weighted by Gasteiger charge is -2.31. The molecule has 5 nitrogen and oxygen atoms in total. The number of ether oxygens (including phenoxy) is 1. The molecule has 0 spiro atoms. The lowest BCUT2D eigenvalue weighted by atomic mass is 10.1. The standard InChI is InChI=1S/C19H20N2O3/c1-13(2)11-21-16-9-8-15(10-17(16)24-12-18(21)22)20-19(23)14-6-4-3-5-7-14/h3-10,13H,11-12H2,1-2H3,(H,20,23). The Morgan fingerprint density at radius 3 is 2.67 bits per heavy atom. The molecule has 0 fully saturated rings. The summed E-state index contributed by atoms with van der Waals surface area (Å²) in [6.07, 6.45) is 0. The Morgan fingerprint density at radius 2 is 1.96 bits per heavy atom. The van der Waals surface area contributed by atoms with E-state index in [1.807, 2.05) is 24.3 Å². The van der Waals surface area contributed by atoms with Crippen LogP contribution < -0.4 is 15.0 Å². The van der Waals surface area contributed by atoms with Crippen LogP contribution >= 0.6 is 0 Å². The van der Waals surface area contributed by atoms with Crippen LogP contribution in [0.3, 0.4) is 0 Å². The Morgan fingerprint density at radius 1 is 1.21 bits per heavy atom. The zero-order valence-corrected chi connectivity index (χ0v) is 13.8. The summed E-state index contributed by atoms with van der Waals surface area (Å²) in [6, 6.07) is 14.4. The second-order valence-corrected chi connectivity index (χ2v) is 6.19. The normalized spacial score (nSPS) is 13.5. The van der Waals surface area contributed by atoms with Gasteiger partial charge in [0.1, 0.15) is 5.75 Å². The Bertz CT molecular complexity index is 756. The summed E-state index contributed by atoms with van der Waals surface area (Å²) < 4.78 is 5.53. The lowest BCUT2D eigenvalue weighted by molar-refractivity contribution is -0.121. The summed E-state index contributed by atoms with van der Waals surface area (Å²) in [5.41, 5.74) is 1.98. The van der Waals surface area contributed by atoms with Gasteiger partial charge in [0.25, 0.3) is 11.8 Å². The van der Waals surface area contributed by atoms with Crippen molar-refractivity contribution in [2.75, 3.05) is 23.4 Å². The third-order valence-corrected chi connectivity index (χ3v) is 3.74. The van der Waals surface area contributed by atoms with Gasteiger partial charge < -0.3 is 15.0 Å². The summed E-state index contributed by atoms with van der Waals surface area (Å²) >= 11 is 0. The van der Waals surface area contributed by atoms with E-state index in [1.165, 1.54) is 0 Å². The van der Waals surface area contributed by atoms with Gasteiger partial charge in [0.05, 0.1) is 5.69 Å². The van der Waals surface area contributed by atoms with E-state index >= 15 is 0 Å². The van der Waals surface area contributed by atoms with Crippen LogP contribution in [0, 0.1) is 5.92 Å². The molecule has 0 aromatic heterocycles. The van der Waals surface area contributed by atoms with Crippen LogP contribution in [-0.2, 0) is 4.79 Å². The second-order valence-electron chi connectivity index (χ2n) is 6.19. The number of rotatable bonds is 4. The minimum absolute atomic E-state index is 0.0236. The number of nitrogens with one attached hydrogen (secondary N) is 1. The van der Waals surface area contributed by atoms with Crippen LogP contribution in [0.2, 0.25) is 0 Å². The molecule has 1 heterocycles. The largest absolute Gasteiger partial charge is 0.481 e. The first-order chi connectivity index (χ1) is 11.5. The number of hydrogen-bond donors (Lipinski definition) is 1. The van der Waals surface area contributed by atoms with Gasteiger partial charge in [0, 0.05) is 23.9 Å². The molecule has 1 N–H and O–H groups in total. The van der Waals surface area contributed by atoms with Crippen molar-refractivity contribution in [1.29, 1.82) is 0 Å². The van der Waals surface area contributed by atoms with Crippen molar-refractivity contribution in [3.63, 3.8) is 0 Å². The van der Waals surface area contributed by atoms with Gasteiger partial charge in [-0.2, -0.15) is 0 Å². The fourth-order valence-corrected chi connectivity index (χ4v) is 2.64. The topological polar surface area (TPSA) is 58.6 Å². The molecule has 1 aliphatic rings. The van der Waals surface area contributed by atoms with Crippen LogP contribution in [0.15, 0.2) is 48.5 Å². The predicted octanol–water partition coefficient (Wildman–Crippen LogP) is 3.32. The molecule has 0 atom stereocenters. The number of hydrogen-bond acceptors (Lipinski definition) is 3. The highest BCUT2D eigenvalue weighted by atomic mass is 16.5. The second kappa shape index (κ2) is 6.74. The van der Waals surface area contributed by atoms with Crippen LogP contribution in [-0.4, -0.2) is 25.0 Å². The number of carbonyl (C=O) groups excluding carboxylic acids is 2. The van der Waals surface area contributed by atoms with Gasteiger partial charge in [-0.3, -0.25) is 9.59 Å². The van der Waals surface area contributed by atoms with E-state index in [0.717, 1.165) is 5.69 Å². The first-order valence-corrected chi connectivity index (χ1v) is 7.98. The third-order valence-electron chi connectivity index (χ3n) is 3.74. The van der Waals surface area contributed by atoms with Gasteiger partial charge in [-0.1, -0.05) is 32.0 Å². The van der Waals surface area contributed by atoms with Crippen molar-refractivity contribution in [2.45, 2.75) is 13.8 Å². The number of anilines is 2. The van der Waals surface area contributed by atoms with Crippen molar-refractivity contribution in [3.8, 4) is 5.75 Å². The van der Waals surface area contributed by atoms with Gasteiger partial charge in [0.2, 0.25) is 0 Å². The molecule has 2 aromatic rings. The van der Waals surface area contributed by atoms with E-state index in [2.05, 4.69) is 19.2 Å². The molecule has 0 bridgehead atoms. The molecule has 5 heteroatoms. The summed E-state index contributed by atoms with van der Waals surface area (Å²) in [4.78, 5) is 26.0. The zero-order valence-electron chi connectivity index (χ0n) is 13.8. The first kappa shape index (κ1) is 16.1. The summed E-state index contributed by atoms with van der Waals surface area (Å²) in [7, 11) is 0. The average Bonchev–Trinajstić information content (AvgIpc) is 2.58.